The number of carbonyl (C=O) groups is 2. The smallest absolute Gasteiger partial charge is 0.262 e. The molecule has 23 heavy (non-hydrogen) atoms. The molecule has 1 aromatic carbocycles. The van der Waals surface area contributed by atoms with Gasteiger partial charge in [0.15, 0.2) is 0 Å². The lowest BCUT2D eigenvalue weighted by atomic mass is 9.85. The van der Waals surface area contributed by atoms with Crippen LogP contribution >= 0.6 is 0 Å². The van der Waals surface area contributed by atoms with Crippen molar-refractivity contribution in [2.45, 2.75) is 32.7 Å². The summed E-state index contributed by atoms with van der Waals surface area (Å²) in [5.41, 5.74) is 0.115. The number of fused-ring (bicyclic) bond motifs is 1. The first kappa shape index (κ1) is 15.1. The number of aromatic nitrogens is 2. The lowest BCUT2D eigenvalue weighted by Crippen LogP contribution is -2.57. The van der Waals surface area contributed by atoms with Gasteiger partial charge in [0, 0.05) is 0 Å². The van der Waals surface area contributed by atoms with E-state index in [0.29, 0.717) is 22.3 Å². The number of hydrogen-bond acceptors (Lipinski definition) is 4. The third kappa shape index (κ3) is 2.02. The molecule has 6 heteroatoms. The van der Waals surface area contributed by atoms with Crippen molar-refractivity contribution in [1.29, 1.82) is 0 Å². The Morgan fingerprint density at radius 2 is 1.96 bits per heavy atom. The Morgan fingerprint density at radius 3 is 2.61 bits per heavy atom. The monoisotopic (exact) mass is 311 g/mol. The van der Waals surface area contributed by atoms with Crippen LogP contribution in [-0.4, -0.2) is 21.4 Å². The Balaban J connectivity index is 2.38. The van der Waals surface area contributed by atoms with Crippen molar-refractivity contribution in [1.82, 2.24) is 14.9 Å². The Bertz CT molecular complexity index is 920. The van der Waals surface area contributed by atoms with E-state index in [0.717, 1.165) is 5.56 Å². The molecule has 0 saturated carbocycles. The number of amides is 2. The summed E-state index contributed by atoms with van der Waals surface area (Å²) in [5.74, 6) is -0.562. The minimum atomic E-state index is -1.33. The first-order valence-electron chi connectivity index (χ1n) is 7.29. The largest absolute Gasteiger partial charge is 0.294 e. The number of piperidine rings is 1. The second kappa shape index (κ2) is 4.87. The van der Waals surface area contributed by atoms with Gasteiger partial charge >= 0.3 is 0 Å². The highest BCUT2D eigenvalue weighted by molar-refractivity contribution is 6.05. The second-order valence-corrected chi connectivity index (χ2v) is 6.00. The number of imide groups is 1. The highest BCUT2D eigenvalue weighted by Crippen LogP contribution is 2.31. The van der Waals surface area contributed by atoms with Crippen molar-refractivity contribution in [3.63, 3.8) is 0 Å². The minimum absolute atomic E-state index is 0.0000705. The van der Waals surface area contributed by atoms with Gasteiger partial charge in [0.05, 0.1) is 17.3 Å². The molecule has 1 aromatic heterocycles. The van der Waals surface area contributed by atoms with Gasteiger partial charge in [-0.1, -0.05) is 18.7 Å². The third-order valence-electron chi connectivity index (χ3n) is 4.48. The zero-order valence-electron chi connectivity index (χ0n) is 13.3. The fourth-order valence-corrected chi connectivity index (χ4v) is 3.11. The summed E-state index contributed by atoms with van der Waals surface area (Å²) in [6.45, 7) is 8.95. The maximum absolute atomic E-state index is 13.1. The minimum Gasteiger partial charge on any atom is -0.294 e. The van der Waals surface area contributed by atoms with Gasteiger partial charge in [0.1, 0.15) is 11.4 Å². The lowest BCUT2D eigenvalue weighted by Gasteiger charge is -2.36. The van der Waals surface area contributed by atoms with Crippen LogP contribution in [0.2, 0.25) is 0 Å². The molecule has 0 radical (unpaired) electrons. The molecular weight excluding hydrogens is 294 g/mol. The van der Waals surface area contributed by atoms with E-state index in [1.165, 1.54) is 4.57 Å². The molecule has 118 valence electrons. The van der Waals surface area contributed by atoms with E-state index in [1.807, 2.05) is 19.1 Å². The van der Waals surface area contributed by atoms with Crippen molar-refractivity contribution in [3.8, 4) is 0 Å². The van der Waals surface area contributed by atoms with Crippen LogP contribution < -0.4 is 10.9 Å². The highest BCUT2D eigenvalue weighted by atomic mass is 16.2. The predicted molar refractivity (Wildman–Crippen MR) is 86.0 cm³/mol. The Hall–Kier alpha value is -2.76. The Morgan fingerprint density at radius 1 is 1.26 bits per heavy atom. The summed E-state index contributed by atoms with van der Waals surface area (Å²) < 4.78 is 1.34. The molecule has 0 bridgehead atoms. The van der Waals surface area contributed by atoms with Gasteiger partial charge in [-0.3, -0.25) is 24.3 Å². The molecule has 3 rings (SSSR count). The van der Waals surface area contributed by atoms with Crippen LogP contribution in [-0.2, 0) is 15.1 Å². The van der Waals surface area contributed by atoms with Crippen LogP contribution in [0.4, 0.5) is 0 Å². The standard InChI is InChI=1S/C17H17N3O3/c1-9-6-5-7-12-14(9)15(22)20(11(3)18-12)17(4)10(2)8-13(21)19-16(17)23/h5-7H,2,8H2,1,3-4H3,(H,19,21,23)/t17-/m1/s1. The zero-order valence-corrected chi connectivity index (χ0v) is 13.3. The van der Waals surface area contributed by atoms with E-state index in [2.05, 4.69) is 16.9 Å². The van der Waals surface area contributed by atoms with Crippen molar-refractivity contribution in [3.05, 3.63) is 52.1 Å². The maximum Gasteiger partial charge on any atom is 0.262 e. The molecule has 6 nitrogen and oxygen atoms in total. The normalized spacial score (nSPS) is 21.6. The molecule has 1 aliphatic rings. The van der Waals surface area contributed by atoms with Crippen LogP contribution in [0.3, 0.4) is 0 Å². The van der Waals surface area contributed by atoms with Gasteiger partial charge in [-0.25, -0.2) is 4.98 Å². The van der Waals surface area contributed by atoms with Crippen LogP contribution in [0.25, 0.3) is 10.9 Å². The van der Waals surface area contributed by atoms with E-state index in [1.54, 1.807) is 19.9 Å². The van der Waals surface area contributed by atoms with Crippen LogP contribution in [0.5, 0.6) is 0 Å². The summed E-state index contributed by atoms with van der Waals surface area (Å²) in [6, 6.07) is 5.43. The molecule has 1 N–H and O–H groups in total. The molecule has 1 atom stereocenters. The van der Waals surface area contributed by atoms with Crippen molar-refractivity contribution in [2.75, 3.05) is 0 Å². The molecule has 2 heterocycles. The molecule has 1 aliphatic heterocycles. The number of nitrogens with one attached hydrogen (secondary N) is 1. The number of aryl methyl sites for hydroxylation is 2. The molecule has 2 amide bonds. The van der Waals surface area contributed by atoms with Crippen molar-refractivity contribution < 1.29 is 9.59 Å². The van der Waals surface area contributed by atoms with E-state index >= 15 is 0 Å². The quantitative estimate of drug-likeness (QED) is 0.636. The fraction of sp³-hybridized carbons (Fsp3) is 0.294. The molecule has 1 saturated heterocycles. The van der Waals surface area contributed by atoms with Crippen molar-refractivity contribution in [2.24, 2.45) is 0 Å². The molecular formula is C17H17N3O3. The number of carbonyl (C=O) groups excluding carboxylic acids is 2. The molecule has 0 spiro atoms. The summed E-state index contributed by atoms with van der Waals surface area (Å²) in [5, 5.41) is 2.76. The van der Waals surface area contributed by atoms with Gasteiger partial charge in [-0.05, 0) is 38.0 Å². The van der Waals surface area contributed by atoms with Gasteiger partial charge < -0.3 is 0 Å². The highest BCUT2D eigenvalue weighted by Gasteiger charge is 2.45. The Labute approximate surface area is 132 Å². The number of benzene rings is 1. The second-order valence-electron chi connectivity index (χ2n) is 6.00. The van der Waals surface area contributed by atoms with Crippen LogP contribution in [0.1, 0.15) is 24.7 Å². The summed E-state index contributed by atoms with van der Waals surface area (Å²) in [4.78, 5) is 41.6. The van der Waals surface area contributed by atoms with Gasteiger partial charge in [-0.2, -0.15) is 0 Å². The Kier molecular flexibility index (Phi) is 3.21. The van der Waals surface area contributed by atoms with E-state index in [-0.39, 0.29) is 12.0 Å². The summed E-state index contributed by atoms with van der Waals surface area (Å²) in [7, 11) is 0. The van der Waals surface area contributed by atoms with Crippen LogP contribution in [0.15, 0.2) is 35.1 Å². The van der Waals surface area contributed by atoms with Gasteiger partial charge in [0.2, 0.25) is 5.91 Å². The lowest BCUT2D eigenvalue weighted by molar-refractivity contribution is -0.137. The van der Waals surface area contributed by atoms with Gasteiger partial charge in [0.25, 0.3) is 11.5 Å². The van der Waals surface area contributed by atoms with E-state index in [9.17, 15) is 14.4 Å². The van der Waals surface area contributed by atoms with Crippen LogP contribution in [0, 0.1) is 13.8 Å². The summed E-state index contributed by atoms with van der Waals surface area (Å²) in [6.07, 6.45) is -0.0000705. The zero-order chi connectivity index (χ0) is 16.9. The summed E-state index contributed by atoms with van der Waals surface area (Å²) >= 11 is 0. The SMILES string of the molecule is C=C1CC(=O)NC(=O)[C@]1(C)n1c(C)nc2cccc(C)c2c1=O. The first-order valence-corrected chi connectivity index (χ1v) is 7.29. The average molecular weight is 311 g/mol. The maximum atomic E-state index is 13.1. The first-order chi connectivity index (χ1) is 10.8. The van der Waals surface area contributed by atoms with Gasteiger partial charge in [-0.15, -0.1) is 0 Å². The molecule has 2 aromatic rings. The van der Waals surface area contributed by atoms with E-state index in [4.69, 9.17) is 0 Å². The number of hydrogen-bond donors (Lipinski definition) is 1. The number of nitrogens with zero attached hydrogens (tertiary/aromatic N) is 2. The van der Waals surface area contributed by atoms with Crippen molar-refractivity contribution >= 4 is 22.7 Å². The average Bonchev–Trinajstić information content (AvgIpc) is 2.44. The fourth-order valence-electron chi connectivity index (χ4n) is 3.11. The van der Waals surface area contributed by atoms with E-state index < -0.39 is 17.4 Å². The molecule has 0 aliphatic carbocycles. The molecule has 1 fully saturated rings. The molecule has 0 unspecified atom stereocenters. The number of rotatable bonds is 1. The predicted octanol–water partition coefficient (Wildman–Crippen LogP) is 1.33. The topological polar surface area (TPSA) is 81.1 Å². The third-order valence-corrected chi connectivity index (χ3v) is 4.48.